The number of carbonyl (C=O) groups is 1. The van der Waals surface area contributed by atoms with Crippen LogP contribution in [0.25, 0.3) is 22.3 Å². The Morgan fingerprint density at radius 3 is 2.69 bits per heavy atom. The van der Waals surface area contributed by atoms with Gasteiger partial charge in [0.25, 0.3) is 5.91 Å². The number of nitrogens with one attached hydrogen (secondary N) is 1. The number of rotatable bonds is 5. The molecule has 184 valence electrons. The molecule has 0 saturated heterocycles. The molecule has 1 amide bonds. The highest BCUT2D eigenvalue weighted by Gasteiger charge is 2.43. The van der Waals surface area contributed by atoms with Crippen LogP contribution in [0, 0.1) is 6.92 Å². The molecular formula is C27H23F3N4O2. The van der Waals surface area contributed by atoms with Gasteiger partial charge in [-0.2, -0.15) is 13.2 Å². The van der Waals surface area contributed by atoms with Crippen molar-refractivity contribution in [2.75, 3.05) is 13.2 Å². The van der Waals surface area contributed by atoms with E-state index >= 15 is 0 Å². The number of aromatic nitrogens is 3. The highest BCUT2D eigenvalue weighted by Crippen LogP contribution is 2.44. The fraction of sp³-hybridized carbons (Fsp3) is 0.259. The van der Waals surface area contributed by atoms with Gasteiger partial charge in [-0.1, -0.05) is 36.8 Å². The fourth-order valence-corrected chi connectivity index (χ4v) is 4.25. The van der Waals surface area contributed by atoms with Crippen LogP contribution in [0.15, 0.2) is 60.9 Å². The van der Waals surface area contributed by atoms with E-state index in [1.165, 1.54) is 12.3 Å². The second-order valence-corrected chi connectivity index (χ2v) is 8.97. The zero-order valence-corrected chi connectivity index (χ0v) is 19.6. The molecule has 0 fully saturated rings. The van der Waals surface area contributed by atoms with Crippen molar-refractivity contribution >= 4 is 16.9 Å². The number of hydrogen-bond donors (Lipinski definition) is 1. The Kier molecular flexibility index (Phi) is 6.07. The predicted octanol–water partition coefficient (Wildman–Crippen LogP) is 5.57. The van der Waals surface area contributed by atoms with Crippen LogP contribution in [-0.2, 0) is 0 Å². The lowest BCUT2D eigenvalue weighted by Gasteiger charge is -2.22. The third-order valence-corrected chi connectivity index (χ3v) is 6.29. The van der Waals surface area contributed by atoms with Crippen molar-refractivity contribution in [3.05, 3.63) is 83.3 Å². The first kappa shape index (κ1) is 23.7. The van der Waals surface area contributed by atoms with Crippen LogP contribution >= 0.6 is 0 Å². The Bertz CT molecular complexity index is 1440. The molecule has 3 aromatic heterocycles. The molecule has 2 unspecified atom stereocenters. The topological polar surface area (TPSA) is 77.0 Å². The second kappa shape index (κ2) is 9.22. The molecular weight excluding hydrogens is 469 g/mol. The predicted molar refractivity (Wildman–Crippen MR) is 129 cm³/mol. The molecule has 4 heterocycles. The van der Waals surface area contributed by atoms with E-state index < -0.39 is 24.5 Å². The standard InChI is InChI=1S/C27H23F3N4O2/c1-15-5-7-17(8-6-15)23-24-20(16(2)14-36-24)11-22(34-23)21(27(28,29)30)13-33-26(35)19-10-18-4-3-9-31-25(18)32-12-19/h3-12,16,21H,13-14H2,1-2H3,(H,33,35). The monoisotopic (exact) mass is 492 g/mol. The van der Waals surface area contributed by atoms with Crippen molar-refractivity contribution in [3.8, 4) is 17.0 Å². The van der Waals surface area contributed by atoms with Crippen molar-refractivity contribution in [3.63, 3.8) is 0 Å². The molecule has 1 N–H and O–H groups in total. The lowest BCUT2D eigenvalue weighted by atomic mass is 9.95. The number of alkyl halides is 3. The Hall–Kier alpha value is -4.01. The quantitative estimate of drug-likeness (QED) is 0.394. The van der Waals surface area contributed by atoms with Gasteiger partial charge in [0.2, 0.25) is 0 Å². The van der Waals surface area contributed by atoms with E-state index in [2.05, 4.69) is 20.3 Å². The molecule has 9 heteroatoms. The number of aryl methyl sites for hydroxylation is 1. The minimum Gasteiger partial charge on any atom is -0.490 e. The van der Waals surface area contributed by atoms with E-state index in [1.54, 1.807) is 24.4 Å². The average molecular weight is 493 g/mol. The van der Waals surface area contributed by atoms with Gasteiger partial charge in [-0.3, -0.25) is 4.79 Å². The van der Waals surface area contributed by atoms with Crippen molar-refractivity contribution < 1.29 is 22.7 Å². The summed E-state index contributed by atoms with van der Waals surface area (Å²) in [5.41, 5.74) is 3.20. The van der Waals surface area contributed by atoms with Crippen molar-refractivity contribution in [2.45, 2.75) is 31.9 Å². The number of halogens is 3. The molecule has 1 aliphatic rings. The molecule has 0 radical (unpaired) electrons. The molecule has 0 saturated carbocycles. The Balaban J connectivity index is 1.47. The number of pyridine rings is 3. The van der Waals surface area contributed by atoms with Gasteiger partial charge in [-0.05, 0) is 31.2 Å². The van der Waals surface area contributed by atoms with Gasteiger partial charge in [-0.15, -0.1) is 0 Å². The van der Waals surface area contributed by atoms with Crippen LogP contribution < -0.4 is 10.1 Å². The molecule has 6 nitrogen and oxygen atoms in total. The SMILES string of the molecule is Cc1ccc(-c2nc(C(CNC(=O)c3cnc4ncccc4c3)C(F)(F)F)cc3c2OCC3C)cc1. The van der Waals surface area contributed by atoms with E-state index in [0.717, 1.165) is 5.56 Å². The fourth-order valence-electron chi connectivity index (χ4n) is 4.25. The highest BCUT2D eigenvalue weighted by atomic mass is 19.4. The molecule has 5 rings (SSSR count). The van der Waals surface area contributed by atoms with Gasteiger partial charge in [0, 0.05) is 41.4 Å². The van der Waals surface area contributed by atoms with Gasteiger partial charge >= 0.3 is 6.18 Å². The van der Waals surface area contributed by atoms with Gasteiger partial charge in [0.05, 0.1) is 17.9 Å². The van der Waals surface area contributed by atoms with E-state index in [9.17, 15) is 18.0 Å². The number of benzene rings is 1. The molecule has 36 heavy (non-hydrogen) atoms. The molecule has 1 aromatic carbocycles. The van der Waals surface area contributed by atoms with E-state index in [4.69, 9.17) is 4.74 Å². The maximum Gasteiger partial charge on any atom is 0.398 e. The van der Waals surface area contributed by atoms with E-state index in [0.29, 0.717) is 40.2 Å². The van der Waals surface area contributed by atoms with Crippen molar-refractivity contribution in [2.24, 2.45) is 0 Å². The van der Waals surface area contributed by atoms with Crippen LogP contribution in [0.2, 0.25) is 0 Å². The van der Waals surface area contributed by atoms with Crippen LogP contribution in [0.1, 0.15) is 45.9 Å². The van der Waals surface area contributed by atoms with Crippen LogP contribution in [0.3, 0.4) is 0 Å². The normalized spacial score (nSPS) is 15.9. The summed E-state index contributed by atoms with van der Waals surface area (Å²) < 4.78 is 48.6. The second-order valence-electron chi connectivity index (χ2n) is 8.97. The summed E-state index contributed by atoms with van der Waals surface area (Å²) >= 11 is 0. The Morgan fingerprint density at radius 1 is 1.17 bits per heavy atom. The number of hydrogen-bond acceptors (Lipinski definition) is 5. The van der Waals surface area contributed by atoms with Crippen molar-refractivity contribution in [1.29, 1.82) is 0 Å². The highest BCUT2D eigenvalue weighted by molar-refractivity contribution is 5.96. The number of amides is 1. The summed E-state index contributed by atoms with van der Waals surface area (Å²) in [5.74, 6) is -2.22. The molecule has 1 aliphatic heterocycles. The van der Waals surface area contributed by atoms with Crippen LogP contribution in [0.5, 0.6) is 5.75 Å². The number of carbonyl (C=O) groups excluding carboxylic acids is 1. The summed E-state index contributed by atoms with van der Waals surface area (Å²) in [6.07, 6.45) is -1.76. The number of ether oxygens (including phenoxy) is 1. The summed E-state index contributed by atoms with van der Waals surface area (Å²) in [4.78, 5) is 25.4. The zero-order valence-electron chi connectivity index (χ0n) is 19.6. The van der Waals surface area contributed by atoms with Crippen LogP contribution in [-0.4, -0.2) is 40.2 Å². The minimum atomic E-state index is -4.63. The zero-order chi connectivity index (χ0) is 25.4. The molecule has 4 aromatic rings. The summed E-state index contributed by atoms with van der Waals surface area (Å²) in [6.45, 7) is 3.54. The summed E-state index contributed by atoms with van der Waals surface area (Å²) in [5, 5.41) is 3.04. The summed E-state index contributed by atoms with van der Waals surface area (Å²) in [6, 6.07) is 13.8. The first-order valence-corrected chi connectivity index (χ1v) is 11.5. The lowest BCUT2D eigenvalue weighted by molar-refractivity contribution is -0.149. The average Bonchev–Trinajstić information content (AvgIpc) is 3.23. The van der Waals surface area contributed by atoms with Gasteiger partial charge in [0.1, 0.15) is 17.4 Å². The first-order valence-electron chi connectivity index (χ1n) is 11.5. The largest absolute Gasteiger partial charge is 0.490 e. The molecule has 0 bridgehead atoms. The first-order chi connectivity index (χ1) is 17.2. The van der Waals surface area contributed by atoms with Gasteiger partial charge in [-0.25, -0.2) is 15.0 Å². The Morgan fingerprint density at radius 2 is 1.94 bits per heavy atom. The van der Waals surface area contributed by atoms with E-state index in [-0.39, 0.29) is 17.2 Å². The Labute approximate surface area is 205 Å². The third-order valence-electron chi connectivity index (χ3n) is 6.29. The van der Waals surface area contributed by atoms with Crippen LogP contribution in [0.4, 0.5) is 13.2 Å². The minimum absolute atomic E-state index is 0.0771. The lowest BCUT2D eigenvalue weighted by Crippen LogP contribution is -2.35. The number of fused-ring (bicyclic) bond motifs is 2. The molecule has 2 atom stereocenters. The molecule has 0 spiro atoms. The van der Waals surface area contributed by atoms with Gasteiger partial charge < -0.3 is 10.1 Å². The maximum absolute atomic E-state index is 14.3. The maximum atomic E-state index is 14.3. The smallest absolute Gasteiger partial charge is 0.398 e. The molecule has 0 aliphatic carbocycles. The third kappa shape index (κ3) is 4.60. The summed E-state index contributed by atoms with van der Waals surface area (Å²) in [7, 11) is 0. The van der Waals surface area contributed by atoms with Gasteiger partial charge in [0.15, 0.2) is 5.65 Å². The number of nitrogens with zero attached hydrogens (tertiary/aromatic N) is 3. The van der Waals surface area contributed by atoms with E-state index in [1.807, 2.05) is 38.1 Å². The van der Waals surface area contributed by atoms with Crippen molar-refractivity contribution in [1.82, 2.24) is 20.3 Å².